The van der Waals surface area contributed by atoms with Crippen molar-refractivity contribution >= 4 is 17.0 Å². The summed E-state index contributed by atoms with van der Waals surface area (Å²) in [5.74, 6) is 0.524. The molecule has 1 aromatic carbocycles. The molecule has 0 amide bonds. The van der Waals surface area contributed by atoms with Crippen LogP contribution < -0.4 is 4.90 Å². The van der Waals surface area contributed by atoms with Gasteiger partial charge in [-0.05, 0) is 28.6 Å². The second kappa shape index (κ2) is 3.63. The monoisotopic (exact) mass is 229 g/mol. The minimum absolute atomic E-state index is 0.524. The van der Waals surface area contributed by atoms with E-state index in [9.17, 15) is 0 Å². The van der Waals surface area contributed by atoms with Gasteiger partial charge in [-0.1, -0.05) is 25.1 Å². The highest BCUT2D eigenvalue weighted by molar-refractivity contribution is 7.10. The Hall–Kier alpha value is -1.28. The van der Waals surface area contributed by atoms with E-state index in [1.165, 1.54) is 21.7 Å². The Morgan fingerprint density at radius 2 is 2.06 bits per heavy atom. The van der Waals surface area contributed by atoms with Crippen LogP contribution in [0.2, 0.25) is 0 Å². The summed E-state index contributed by atoms with van der Waals surface area (Å²) in [5, 5.41) is 2.21. The highest BCUT2D eigenvalue weighted by Crippen LogP contribution is 2.39. The zero-order chi connectivity index (χ0) is 11.1. The van der Waals surface area contributed by atoms with Crippen molar-refractivity contribution in [2.45, 2.75) is 19.4 Å². The fourth-order valence-corrected chi connectivity index (χ4v) is 3.54. The van der Waals surface area contributed by atoms with E-state index < -0.39 is 0 Å². The first-order chi connectivity index (χ1) is 7.77. The number of anilines is 1. The normalized spacial score (nSPS) is 18.9. The van der Waals surface area contributed by atoms with Gasteiger partial charge in [0, 0.05) is 30.1 Å². The van der Waals surface area contributed by atoms with Gasteiger partial charge in [-0.15, -0.1) is 11.3 Å². The smallest absolute Gasteiger partial charge is 0.0437 e. The maximum absolute atomic E-state index is 2.35. The zero-order valence-electron chi connectivity index (χ0n) is 9.60. The van der Waals surface area contributed by atoms with Crippen LogP contribution in [0.4, 0.5) is 5.69 Å². The standard InChI is InChI=1S/C14H15NS/c1-10-12-5-3-4-6-13(12)15(2)9-11-7-8-16-14(10)11/h3-8,10H,9H2,1-2H3. The maximum atomic E-state index is 2.35. The molecule has 1 aliphatic heterocycles. The SMILES string of the molecule is CC1c2ccccc2N(C)Cc2ccsc21. The van der Waals surface area contributed by atoms with Crippen molar-refractivity contribution in [3.8, 4) is 0 Å². The quantitative estimate of drug-likeness (QED) is 0.663. The van der Waals surface area contributed by atoms with Crippen molar-refractivity contribution < 1.29 is 0 Å². The molecule has 0 spiro atoms. The van der Waals surface area contributed by atoms with Crippen molar-refractivity contribution in [1.29, 1.82) is 0 Å². The van der Waals surface area contributed by atoms with Gasteiger partial charge in [-0.3, -0.25) is 0 Å². The Labute approximate surface area is 100 Å². The third kappa shape index (κ3) is 1.37. The molecular formula is C14H15NS. The minimum atomic E-state index is 0.524. The molecule has 82 valence electrons. The Bertz CT molecular complexity index is 515. The molecule has 2 heterocycles. The summed E-state index contributed by atoms with van der Waals surface area (Å²) in [7, 11) is 2.18. The molecule has 2 heteroatoms. The average molecular weight is 229 g/mol. The second-order valence-electron chi connectivity index (χ2n) is 4.45. The molecule has 0 saturated heterocycles. The molecule has 0 N–H and O–H groups in total. The van der Waals surface area contributed by atoms with Gasteiger partial charge < -0.3 is 4.90 Å². The number of benzene rings is 1. The lowest BCUT2D eigenvalue weighted by molar-refractivity contribution is 0.930. The Morgan fingerprint density at radius 3 is 2.94 bits per heavy atom. The number of fused-ring (bicyclic) bond motifs is 2. The number of hydrogen-bond acceptors (Lipinski definition) is 2. The van der Waals surface area contributed by atoms with E-state index in [-0.39, 0.29) is 0 Å². The fraction of sp³-hybridized carbons (Fsp3) is 0.286. The zero-order valence-corrected chi connectivity index (χ0v) is 10.4. The summed E-state index contributed by atoms with van der Waals surface area (Å²) < 4.78 is 0. The molecule has 1 aromatic heterocycles. The van der Waals surface area contributed by atoms with Crippen LogP contribution in [-0.4, -0.2) is 7.05 Å². The summed E-state index contributed by atoms with van der Waals surface area (Å²) in [6.07, 6.45) is 0. The molecule has 16 heavy (non-hydrogen) atoms. The molecule has 0 saturated carbocycles. The molecule has 1 atom stereocenters. The van der Waals surface area contributed by atoms with E-state index in [1.54, 1.807) is 0 Å². The summed E-state index contributed by atoms with van der Waals surface area (Å²) >= 11 is 1.89. The van der Waals surface area contributed by atoms with Gasteiger partial charge >= 0.3 is 0 Å². The first-order valence-electron chi connectivity index (χ1n) is 5.63. The van der Waals surface area contributed by atoms with Gasteiger partial charge in [-0.25, -0.2) is 0 Å². The number of rotatable bonds is 0. The van der Waals surface area contributed by atoms with Crippen LogP contribution >= 0.6 is 11.3 Å². The van der Waals surface area contributed by atoms with Crippen LogP contribution in [-0.2, 0) is 6.54 Å². The van der Waals surface area contributed by atoms with Crippen molar-refractivity contribution in [3.05, 3.63) is 51.7 Å². The van der Waals surface area contributed by atoms with Crippen molar-refractivity contribution in [1.82, 2.24) is 0 Å². The molecule has 0 radical (unpaired) electrons. The molecular weight excluding hydrogens is 214 g/mol. The lowest BCUT2D eigenvalue weighted by atomic mass is 9.97. The minimum Gasteiger partial charge on any atom is -0.370 e. The molecule has 0 aliphatic carbocycles. The summed E-state index contributed by atoms with van der Waals surface area (Å²) in [6.45, 7) is 3.34. The molecule has 0 bridgehead atoms. The van der Waals surface area contributed by atoms with E-state index in [0.717, 1.165) is 6.54 Å². The highest BCUT2D eigenvalue weighted by Gasteiger charge is 2.22. The lowest BCUT2D eigenvalue weighted by Crippen LogP contribution is -2.15. The van der Waals surface area contributed by atoms with Crippen LogP contribution in [0.1, 0.15) is 28.8 Å². The second-order valence-corrected chi connectivity index (χ2v) is 5.39. The van der Waals surface area contributed by atoms with E-state index in [1.807, 2.05) is 11.3 Å². The Kier molecular flexibility index (Phi) is 2.25. The van der Waals surface area contributed by atoms with Gasteiger partial charge in [-0.2, -0.15) is 0 Å². The summed E-state index contributed by atoms with van der Waals surface area (Å²) in [5.41, 5.74) is 4.31. The van der Waals surface area contributed by atoms with E-state index in [2.05, 4.69) is 54.6 Å². The molecule has 1 nitrogen and oxygen atoms in total. The van der Waals surface area contributed by atoms with Crippen LogP contribution in [0.25, 0.3) is 0 Å². The van der Waals surface area contributed by atoms with Crippen molar-refractivity contribution in [2.24, 2.45) is 0 Å². The number of hydrogen-bond donors (Lipinski definition) is 0. The number of nitrogens with zero attached hydrogens (tertiary/aromatic N) is 1. The molecule has 1 aliphatic rings. The summed E-state index contributed by atoms with van der Waals surface area (Å²) in [6, 6.07) is 11.0. The largest absolute Gasteiger partial charge is 0.370 e. The third-order valence-corrected chi connectivity index (χ3v) is 4.54. The summed E-state index contributed by atoms with van der Waals surface area (Å²) in [4.78, 5) is 3.88. The predicted octanol–water partition coefficient (Wildman–Crippen LogP) is 3.85. The van der Waals surface area contributed by atoms with Gasteiger partial charge in [0.2, 0.25) is 0 Å². The first-order valence-corrected chi connectivity index (χ1v) is 6.51. The van der Waals surface area contributed by atoms with Crippen LogP contribution in [0.15, 0.2) is 35.7 Å². The molecule has 2 aromatic rings. The topological polar surface area (TPSA) is 3.24 Å². The van der Waals surface area contributed by atoms with Gasteiger partial charge in [0.05, 0.1) is 0 Å². The van der Waals surface area contributed by atoms with Gasteiger partial charge in [0.25, 0.3) is 0 Å². The first kappa shape index (κ1) is 9.91. The Morgan fingerprint density at radius 1 is 1.25 bits per heavy atom. The predicted molar refractivity (Wildman–Crippen MR) is 70.4 cm³/mol. The van der Waals surface area contributed by atoms with Crippen LogP contribution in [0, 0.1) is 0 Å². The van der Waals surface area contributed by atoms with E-state index in [4.69, 9.17) is 0 Å². The Balaban J connectivity index is 2.22. The molecule has 1 unspecified atom stereocenters. The van der Waals surface area contributed by atoms with E-state index in [0.29, 0.717) is 5.92 Å². The number of para-hydroxylation sites is 1. The highest BCUT2D eigenvalue weighted by atomic mass is 32.1. The van der Waals surface area contributed by atoms with Gasteiger partial charge in [0.1, 0.15) is 0 Å². The maximum Gasteiger partial charge on any atom is 0.0437 e. The third-order valence-electron chi connectivity index (χ3n) is 3.40. The van der Waals surface area contributed by atoms with Gasteiger partial charge in [0.15, 0.2) is 0 Å². The van der Waals surface area contributed by atoms with Crippen LogP contribution in [0.5, 0.6) is 0 Å². The van der Waals surface area contributed by atoms with Crippen molar-refractivity contribution in [2.75, 3.05) is 11.9 Å². The fourth-order valence-electron chi connectivity index (χ4n) is 2.54. The van der Waals surface area contributed by atoms with Crippen molar-refractivity contribution in [3.63, 3.8) is 0 Å². The average Bonchev–Trinajstić information content (AvgIpc) is 2.72. The van der Waals surface area contributed by atoms with Crippen LogP contribution in [0.3, 0.4) is 0 Å². The molecule has 0 fully saturated rings. The number of thiophene rings is 1. The van der Waals surface area contributed by atoms with E-state index >= 15 is 0 Å². The molecule has 3 rings (SSSR count). The lowest BCUT2D eigenvalue weighted by Gasteiger charge is -2.20.